The van der Waals surface area contributed by atoms with E-state index in [2.05, 4.69) is 10.1 Å². The van der Waals surface area contributed by atoms with Gasteiger partial charge in [-0.1, -0.05) is 24.4 Å². The highest BCUT2D eigenvalue weighted by atomic mass is 16.5. The molecule has 6 heteroatoms. The molecule has 1 aromatic rings. The van der Waals surface area contributed by atoms with E-state index in [1.807, 2.05) is 4.90 Å². The van der Waals surface area contributed by atoms with Crippen molar-refractivity contribution in [3.05, 3.63) is 11.7 Å². The maximum Gasteiger partial charge on any atom is 0.229 e. The molecule has 112 valence electrons. The third-order valence-electron chi connectivity index (χ3n) is 4.50. The summed E-state index contributed by atoms with van der Waals surface area (Å²) in [5.41, 5.74) is 0. The normalized spacial score (nSPS) is 29.1. The molecule has 0 bridgehead atoms. The summed E-state index contributed by atoms with van der Waals surface area (Å²) in [4.78, 5) is 6.54. The Kier molecular flexibility index (Phi) is 4.33. The lowest BCUT2D eigenvalue weighted by molar-refractivity contribution is 0.146. The zero-order valence-corrected chi connectivity index (χ0v) is 11.7. The van der Waals surface area contributed by atoms with Crippen molar-refractivity contribution in [1.82, 2.24) is 15.0 Å². The molecular formula is C14H23N3O3. The summed E-state index contributed by atoms with van der Waals surface area (Å²) < 4.78 is 5.40. The minimum absolute atomic E-state index is 0.00151. The number of aliphatic hydroxyl groups is 2. The van der Waals surface area contributed by atoms with Crippen LogP contribution in [0.3, 0.4) is 0 Å². The molecule has 0 amide bonds. The van der Waals surface area contributed by atoms with Crippen LogP contribution in [0, 0.1) is 0 Å². The average Bonchev–Trinajstić information content (AvgIpc) is 3.07. The van der Waals surface area contributed by atoms with Gasteiger partial charge in [-0.2, -0.15) is 4.98 Å². The fraction of sp³-hybridized carbons (Fsp3) is 0.857. The Morgan fingerprint density at radius 2 is 2.05 bits per heavy atom. The highest BCUT2D eigenvalue weighted by Crippen LogP contribution is 2.31. The van der Waals surface area contributed by atoms with Gasteiger partial charge in [0.2, 0.25) is 5.89 Å². The first-order valence-electron chi connectivity index (χ1n) is 7.61. The van der Waals surface area contributed by atoms with Gasteiger partial charge < -0.3 is 14.7 Å². The van der Waals surface area contributed by atoms with Crippen LogP contribution in [0.2, 0.25) is 0 Å². The molecule has 1 saturated heterocycles. The summed E-state index contributed by atoms with van der Waals surface area (Å²) >= 11 is 0. The highest BCUT2D eigenvalue weighted by molar-refractivity contribution is 4.97. The van der Waals surface area contributed by atoms with Crippen LogP contribution in [-0.4, -0.2) is 50.6 Å². The number of rotatable bonds is 4. The number of hydrogen-bond acceptors (Lipinski definition) is 6. The van der Waals surface area contributed by atoms with Crippen molar-refractivity contribution in [2.45, 2.75) is 63.1 Å². The molecule has 2 fully saturated rings. The molecular weight excluding hydrogens is 258 g/mol. The Hall–Kier alpha value is -0.980. The minimum Gasteiger partial charge on any atom is -0.395 e. The molecule has 1 saturated carbocycles. The molecule has 2 aliphatic rings. The van der Waals surface area contributed by atoms with Crippen LogP contribution in [0.5, 0.6) is 0 Å². The lowest BCUT2D eigenvalue weighted by Gasteiger charge is -2.20. The SMILES string of the molecule is OC[C@@H]1C[C@H](O)CN1Cc1noc(C2CCCCC2)n1. The van der Waals surface area contributed by atoms with Gasteiger partial charge in [0.05, 0.1) is 19.3 Å². The Morgan fingerprint density at radius 3 is 2.80 bits per heavy atom. The predicted octanol–water partition coefficient (Wildman–Crippen LogP) is 1.04. The summed E-state index contributed by atoms with van der Waals surface area (Å²) in [5.74, 6) is 1.85. The first-order valence-corrected chi connectivity index (χ1v) is 7.61. The number of hydrogen-bond donors (Lipinski definition) is 2. The topological polar surface area (TPSA) is 82.6 Å². The Labute approximate surface area is 118 Å². The first-order chi connectivity index (χ1) is 9.76. The third kappa shape index (κ3) is 3.02. The van der Waals surface area contributed by atoms with E-state index in [0.717, 1.165) is 18.7 Å². The molecule has 2 N–H and O–H groups in total. The number of β-amino-alcohol motifs (C(OH)–C–C–N with tert-alkyl or cyclic N) is 1. The largest absolute Gasteiger partial charge is 0.395 e. The van der Waals surface area contributed by atoms with Gasteiger partial charge in [-0.05, 0) is 19.3 Å². The molecule has 3 rings (SSSR count). The molecule has 0 radical (unpaired) electrons. The third-order valence-corrected chi connectivity index (χ3v) is 4.50. The van der Waals surface area contributed by atoms with Crippen molar-refractivity contribution in [1.29, 1.82) is 0 Å². The van der Waals surface area contributed by atoms with Gasteiger partial charge in [0.1, 0.15) is 0 Å². The summed E-state index contributed by atoms with van der Waals surface area (Å²) in [7, 11) is 0. The van der Waals surface area contributed by atoms with Crippen LogP contribution in [0.15, 0.2) is 4.52 Å². The summed E-state index contributed by atoms with van der Waals surface area (Å²) in [5, 5.41) is 23.1. The van der Waals surface area contributed by atoms with Crippen LogP contribution in [0.4, 0.5) is 0 Å². The van der Waals surface area contributed by atoms with Crippen molar-refractivity contribution in [3.63, 3.8) is 0 Å². The zero-order valence-electron chi connectivity index (χ0n) is 11.7. The monoisotopic (exact) mass is 281 g/mol. The van der Waals surface area contributed by atoms with Gasteiger partial charge in [0.25, 0.3) is 0 Å². The Bertz CT molecular complexity index is 431. The lowest BCUT2D eigenvalue weighted by Crippen LogP contribution is -2.32. The molecule has 1 aliphatic heterocycles. The smallest absolute Gasteiger partial charge is 0.229 e. The average molecular weight is 281 g/mol. The van der Waals surface area contributed by atoms with Crippen molar-refractivity contribution < 1.29 is 14.7 Å². The zero-order chi connectivity index (χ0) is 13.9. The highest BCUT2D eigenvalue weighted by Gasteiger charge is 2.31. The Balaban J connectivity index is 1.62. The van der Waals surface area contributed by atoms with E-state index < -0.39 is 0 Å². The Morgan fingerprint density at radius 1 is 1.25 bits per heavy atom. The predicted molar refractivity (Wildman–Crippen MR) is 72.0 cm³/mol. The van der Waals surface area contributed by atoms with E-state index in [9.17, 15) is 10.2 Å². The second kappa shape index (κ2) is 6.20. The van der Waals surface area contributed by atoms with E-state index in [0.29, 0.717) is 31.3 Å². The van der Waals surface area contributed by atoms with E-state index in [4.69, 9.17) is 4.52 Å². The summed E-state index contributed by atoms with van der Waals surface area (Å²) in [6.45, 7) is 1.17. The standard InChI is InChI=1S/C14H23N3O3/c18-9-11-6-12(19)7-17(11)8-13-15-14(20-16-13)10-4-2-1-3-5-10/h10-12,18-19H,1-9H2/t11-,12-/m0/s1. The van der Waals surface area contributed by atoms with E-state index in [1.165, 1.54) is 19.3 Å². The van der Waals surface area contributed by atoms with Gasteiger partial charge >= 0.3 is 0 Å². The maximum absolute atomic E-state index is 9.67. The van der Waals surface area contributed by atoms with Gasteiger partial charge in [0, 0.05) is 18.5 Å². The lowest BCUT2D eigenvalue weighted by atomic mass is 9.89. The van der Waals surface area contributed by atoms with Crippen LogP contribution in [0.1, 0.15) is 56.2 Å². The second-order valence-corrected chi connectivity index (χ2v) is 6.04. The fourth-order valence-corrected chi connectivity index (χ4v) is 3.37. The second-order valence-electron chi connectivity index (χ2n) is 6.04. The molecule has 0 aromatic carbocycles. The first kappa shape index (κ1) is 14.0. The molecule has 2 atom stereocenters. The number of aromatic nitrogens is 2. The fourth-order valence-electron chi connectivity index (χ4n) is 3.37. The van der Waals surface area contributed by atoms with Crippen molar-refractivity contribution >= 4 is 0 Å². The minimum atomic E-state index is -0.364. The molecule has 1 aliphatic carbocycles. The summed E-state index contributed by atoms with van der Waals surface area (Å²) in [6.07, 6.45) is 6.33. The molecule has 20 heavy (non-hydrogen) atoms. The van der Waals surface area contributed by atoms with Gasteiger partial charge in [0.15, 0.2) is 5.82 Å². The maximum atomic E-state index is 9.67. The van der Waals surface area contributed by atoms with Crippen molar-refractivity contribution in [2.24, 2.45) is 0 Å². The van der Waals surface area contributed by atoms with Crippen molar-refractivity contribution in [3.8, 4) is 0 Å². The molecule has 6 nitrogen and oxygen atoms in total. The number of aliphatic hydroxyl groups excluding tert-OH is 2. The van der Waals surface area contributed by atoms with Gasteiger partial charge in [-0.15, -0.1) is 0 Å². The van der Waals surface area contributed by atoms with E-state index in [-0.39, 0.29) is 18.8 Å². The van der Waals surface area contributed by atoms with Crippen molar-refractivity contribution in [2.75, 3.05) is 13.2 Å². The number of nitrogens with zero attached hydrogens (tertiary/aromatic N) is 3. The number of likely N-dealkylation sites (tertiary alicyclic amines) is 1. The quantitative estimate of drug-likeness (QED) is 0.858. The van der Waals surface area contributed by atoms with Gasteiger partial charge in [-0.3, -0.25) is 4.90 Å². The molecule has 0 spiro atoms. The van der Waals surface area contributed by atoms with E-state index in [1.54, 1.807) is 0 Å². The molecule has 2 heterocycles. The molecule has 0 unspecified atom stereocenters. The molecule has 1 aromatic heterocycles. The van der Waals surface area contributed by atoms with E-state index >= 15 is 0 Å². The van der Waals surface area contributed by atoms with Crippen LogP contribution in [-0.2, 0) is 6.54 Å². The van der Waals surface area contributed by atoms with Crippen LogP contribution < -0.4 is 0 Å². The van der Waals surface area contributed by atoms with Crippen LogP contribution in [0.25, 0.3) is 0 Å². The van der Waals surface area contributed by atoms with Gasteiger partial charge in [-0.25, -0.2) is 0 Å². The summed E-state index contributed by atoms with van der Waals surface area (Å²) in [6, 6.07) is 0.00151. The van der Waals surface area contributed by atoms with Crippen LogP contribution >= 0.6 is 0 Å².